The molecular formula is C18H16F4N4O. The fraction of sp³-hybridized carbons (Fsp3) is 0.278. The molecule has 2 heterocycles. The molecule has 0 fully saturated rings. The van der Waals surface area contributed by atoms with Gasteiger partial charge >= 0.3 is 6.18 Å². The maximum Gasteiger partial charge on any atom is 0.393 e. The number of alkyl halides is 3. The fourth-order valence-electron chi connectivity index (χ4n) is 2.80. The van der Waals surface area contributed by atoms with Gasteiger partial charge in [-0.05, 0) is 25.5 Å². The van der Waals surface area contributed by atoms with Gasteiger partial charge in [-0.3, -0.25) is 9.48 Å². The van der Waals surface area contributed by atoms with E-state index in [0.717, 1.165) is 6.07 Å². The topological polar surface area (TPSA) is 63.6 Å². The van der Waals surface area contributed by atoms with Crippen molar-refractivity contribution in [2.24, 2.45) is 0 Å². The molecule has 0 saturated carbocycles. The normalized spacial score (nSPS) is 13.0. The highest BCUT2D eigenvalue weighted by molar-refractivity contribution is 5.56. The zero-order valence-corrected chi connectivity index (χ0v) is 14.5. The number of hydrogen-bond acceptors (Lipinski definition) is 3. The molecule has 1 aromatic carbocycles. The second-order valence-corrected chi connectivity index (χ2v) is 6.25. The smallest absolute Gasteiger partial charge is 0.311 e. The summed E-state index contributed by atoms with van der Waals surface area (Å²) >= 11 is 0. The molecule has 3 aromatic rings. The summed E-state index contributed by atoms with van der Waals surface area (Å²) in [6, 6.07) is 4.26. The lowest BCUT2D eigenvalue weighted by atomic mass is 10.0. The van der Waals surface area contributed by atoms with Gasteiger partial charge in [0.15, 0.2) is 0 Å². The molecule has 3 rings (SSSR count). The predicted octanol–water partition coefficient (Wildman–Crippen LogP) is 3.80. The monoisotopic (exact) mass is 380 g/mol. The van der Waals surface area contributed by atoms with E-state index in [1.807, 2.05) is 0 Å². The summed E-state index contributed by atoms with van der Waals surface area (Å²) in [4.78, 5) is 18.3. The quantitative estimate of drug-likeness (QED) is 0.701. The van der Waals surface area contributed by atoms with Crippen molar-refractivity contribution in [2.75, 3.05) is 0 Å². The van der Waals surface area contributed by atoms with Gasteiger partial charge in [0, 0.05) is 23.4 Å². The number of aryl methyl sites for hydroxylation is 1. The van der Waals surface area contributed by atoms with Crippen molar-refractivity contribution >= 4 is 0 Å². The number of hydrogen-bond donors (Lipinski definition) is 1. The lowest BCUT2D eigenvalue weighted by molar-refractivity contribution is -0.127. The van der Waals surface area contributed by atoms with Crippen molar-refractivity contribution in [1.29, 1.82) is 0 Å². The molecule has 0 saturated heterocycles. The maximum atomic E-state index is 14.3. The second-order valence-electron chi connectivity index (χ2n) is 6.25. The molecule has 0 unspecified atom stereocenters. The molecule has 27 heavy (non-hydrogen) atoms. The molecule has 1 atom stereocenters. The summed E-state index contributed by atoms with van der Waals surface area (Å²) in [6.07, 6.45) is -2.48. The third-order valence-corrected chi connectivity index (χ3v) is 4.07. The molecule has 0 amide bonds. The summed E-state index contributed by atoms with van der Waals surface area (Å²) < 4.78 is 53.2. The highest BCUT2D eigenvalue weighted by Gasteiger charge is 2.28. The number of halogens is 4. The van der Waals surface area contributed by atoms with Crippen LogP contribution in [0.1, 0.15) is 29.9 Å². The number of benzene rings is 1. The number of H-pyrrole nitrogens is 1. The minimum atomic E-state index is -4.39. The highest BCUT2D eigenvalue weighted by atomic mass is 19.4. The number of nitrogens with one attached hydrogen (secondary N) is 1. The van der Waals surface area contributed by atoms with Crippen molar-refractivity contribution in [2.45, 2.75) is 32.5 Å². The molecular weight excluding hydrogens is 364 g/mol. The Hall–Kier alpha value is -2.97. The minimum Gasteiger partial charge on any atom is -0.311 e. The zero-order valence-electron chi connectivity index (χ0n) is 14.5. The molecule has 0 spiro atoms. The predicted molar refractivity (Wildman–Crippen MR) is 90.8 cm³/mol. The van der Waals surface area contributed by atoms with Crippen LogP contribution < -0.4 is 5.56 Å². The molecule has 142 valence electrons. The van der Waals surface area contributed by atoms with E-state index in [0.29, 0.717) is 17.1 Å². The summed E-state index contributed by atoms with van der Waals surface area (Å²) in [6.45, 7) is 3.32. The van der Waals surface area contributed by atoms with Crippen LogP contribution in [-0.2, 0) is 6.42 Å². The lowest BCUT2D eigenvalue weighted by Gasteiger charge is -2.15. The average Bonchev–Trinajstić information content (AvgIpc) is 3.02. The van der Waals surface area contributed by atoms with E-state index < -0.39 is 24.5 Å². The van der Waals surface area contributed by atoms with Gasteiger partial charge in [-0.25, -0.2) is 9.37 Å². The van der Waals surface area contributed by atoms with Crippen molar-refractivity contribution in [1.82, 2.24) is 19.7 Å². The van der Waals surface area contributed by atoms with Crippen molar-refractivity contribution < 1.29 is 17.6 Å². The van der Waals surface area contributed by atoms with Gasteiger partial charge < -0.3 is 4.98 Å². The van der Waals surface area contributed by atoms with Gasteiger partial charge in [0.25, 0.3) is 5.56 Å². The van der Waals surface area contributed by atoms with Crippen LogP contribution in [0.3, 0.4) is 0 Å². The molecule has 5 nitrogen and oxygen atoms in total. The van der Waals surface area contributed by atoms with Crippen LogP contribution in [0.15, 0.2) is 41.5 Å². The molecule has 2 aromatic heterocycles. The first-order valence-electron chi connectivity index (χ1n) is 8.10. The van der Waals surface area contributed by atoms with E-state index >= 15 is 0 Å². The van der Waals surface area contributed by atoms with E-state index in [9.17, 15) is 22.4 Å². The van der Waals surface area contributed by atoms with Crippen LogP contribution in [0.2, 0.25) is 0 Å². The second kappa shape index (κ2) is 6.98. The van der Waals surface area contributed by atoms with Gasteiger partial charge in [0.05, 0.1) is 24.4 Å². The van der Waals surface area contributed by atoms with E-state index in [2.05, 4.69) is 15.1 Å². The Kier molecular flexibility index (Phi) is 4.86. The fourth-order valence-corrected chi connectivity index (χ4v) is 2.80. The summed E-state index contributed by atoms with van der Waals surface area (Å²) in [7, 11) is 0. The SMILES string of the molecule is Cc1nc(-c2cnn([C@@H](C)c3ccc(CC(F)(F)F)cc3F)c2)cc(=O)[nH]1. The Bertz CT molecular complexity index is 1020. The van der Waals surface area contributed by atoms with Crippen LogP contribution in [0, 0.1) is 12.7 Å². The van der Waals surface area contributed by atoms with Gasteiger partial charge in [0.1, 0.15) is 11.6 Å². The first-order valence-corrected chi connectivity index (χ1v) is 8.10. The molecule has 0 bridgehead atoms. The third kappa shape index (κ3) is 4.42. The van der Waals surface area contributed by atoms with Gasteiger partial charge in [-0.15, -0.1) is 0 Å². The van der Waals surface area contributed by atoms with Crippen LogP contribution in [0.4, 0.5) is 17.6 Å². The molecule has 1 N–H and O–H groups in total. The Morgan fingerprint density at radius 1 is 1.26 bits per heavy atom. The van der Waals surface area contributed by atoms with Gasteiger partial charge in [0.2, 0.25) is 0 Å². The number of rotatable bonds is 4. The third-order valence-electron chi connectivity index (χ3n) is 4.07. The number of aromatic amines is 1. The highest BCUT2D eigenvalue weighted by Crippen LogP contribution is 2.27. The average molecular weight is 380 g/mol. The van der Waals surface area contributed by atoms with Crippen LogP contribution in [-0.4, -0.2) is 25.9 Å². The summed E-state index contributed by atoms with van der Waals surface area (Å²) in [5.41, 5.74) is 0.774. The molecule has 9 heteroatoms. The molecule has 0 aliphatic rings. The Morgan fingerprint density at radius 2 is 2.00 bits per heavy atom. The van der Waals surface area contributed by atoms with Gasteiger partial charge in [-0.1, -0.05) is 12.1 Å². The largest absolute Gasteiger partial charge is 0.393 e. The zero-order chi connectivity index (χ0) is 19.8. The summed E-state index contributed by atoms with van der Waals surface area (Å²) in [5, 5.41) is 4.17. The molecule has 0 aliphatic carbocycles. The van der Waals surface area contributed by atoms with E-state index in [-0.39, 0.29) is 16.7 Å². The van der Waals surface area contributed by atoms with E-state index in [1.165, 1.54) is 29.1 Å². The van der Waals surface area contributed by atoms with Crippen LogP contribution in [0.25, 0.3) is 11.3 Å². The van der Waals surface area contributed by atoms with Crippen molar-refractivity contribution in [3.63, 3.8) is 0 Å². The van der Waals surface area contributed by atoms with Crippen LogP contribution in [0.5, 0.6) is 0 Å². The van der Waals surface area contributed by atoms with Gasteiger partial charge in [-0.2, -0.15) is 18.3 Å². The maximum absolute atomic E-state index is 14.3. The Balaban J connectivity index is 1.87. The Morgan fingerprint density at radius 3 is 2.63 bits per heavy atom. The van der Waals surface area contributed by atoms with E-state index in [1.54, 1.807) is 20.0 Å². The number of nitrogens with zero attached hydrogens (tertiary/aromatic N) is 3. The molecule has 0 radical (unpaired) electrons. The standard InChI is InChI=1S/C18H16F4N4O/c1-10(14-4-3-12(5-15(14)19)7-18(20,21)22)26-9-13(8-23-26)16-6-17(27)25-11(2)24-16/h3-6,8-10H,7H2,1-2H3,(H,24,25,27)/t10-/m0/s1. The van der Waals surface area contributed by atoms with Crippen molar-refractivity contribution in [3.05, 3.63) is 69.8 Å². The number of aromatic nitrogens is 4. The Labute approximate surface area is 151 Å². The minimum absolute atomic E-state index is 0.139. The van der Waals surface area contributed by atoms with Crippen LogP contribution >= 0.6 is 0 Å². The van der Waals surface area contributed by atoms with Crippen molar-refractivity contribution in [3.8, 4) is 11.3 Å². The van der Waals surface area contributed by atoms with E-state index in [4.69, 9.17) is 0 Å². The summed E-state index contributed by atoms with van der Waals surface area (Å²) in [5.74, 6) is -0.281. The first kappa shape index (κ1) is 18.8. The first-order chi connectivity index (χ1) is 12.6. The molecule has 0 aliphatic heterocycles. The lowest BCUT2D eigenvalue weighted by Crippen LogP contribution is -2.13.